The molecule has 4 nitrogen and oxygen atoms in total. The smallest absolute Gasteiger partial charge is 0.166 e. The monoisotopic (exact) mass is 227 g/mol. The van der Waals surface area contributed by atoms with Gasteiger partial charge < -0.3 is 10.6 Å². The SMILES string of the molecule is N[C@@H]1CCCN(C2=NC(Cl)=CC(=O)C2)C1. The first-order chi connectivity index (χ1) is 7.15. The van der Waals surface area contributed by atoms with Crippen molar-refractivity contribution in [1.29, 1.82) is 0 Å². The lowest BCUT2D eigenvalue weighted by Crippen LogP contribution is -2.46. The highest BCUT2D eigenvalue weighted by molar-refractivity contribution is 6.33. The van der Waals surface area contributed by atoms with Gasteiger partial charge in [0.25, 0.3) is 0 Å². The third kappa shape index (κ3) is 2.58. The average Bonchev–Trinajstić information content (AvgIpc) is 2.16. The molecule has 2 aliphatic rings. The summed E-state index contributed by atoms with van der Waals surface area (Å²) in [5, 5.41) is 0.278. The van der Waals surface area contributed by atoms with Crippen LogP contribution in [-0.2, 0) is 4.79 Å². The molecule has 0 amide bonds. The molecular formula is C10H14ClN3O. The van der Waals surface area contributed by atoms with Gasteiger partial charge in [-0.15, -0.1) is 0 Å². The number of hydrogen-bond acceptors (Lipinski definition) is 4. The van der Waals surface area contributed by atoms with E-state index in [1.54, 1.807) is 0 Å². The van der Waals surface area contributed by atoms with E-state index in [1.807, 2.05) is 0 Å². The fraction of sp³-hybridized carbons (Fsp3) is 0.600. The molecule has 2 heterocycles. The summed E-state index contributed by atoms with van der Waals surface area (Å²) in [7, 11) is 0. The van der Waals surface area contributed by atoms with Gasteiger partial charge in [0.15, 0.2) is 5.78 Å². The lowest BCUT2D eigenvalue weighted by molar-refractivity contribution is -0.113. The number of carbonyl (C=O) groups is 1. The highest BCUT2D eigenvalue weighted by Gasteiger charge is 2.23. The predicted octanol–water partition coefficient (Wildman–Crippen LogP) is 0.861. The second-order valence-corrected chi connectivity index (χ2v) is 4.37. The summed E-state index contributed by atoms with van der Waals surface area (Å²) in [5.74, 6) is 0.784. The van der Waals surface area contributed by atoms with Gasteiger partial charge in [0.2, 0.25) is 0 Å². The van der Waals surface area contributed by atoms with Crippen molar-refractivity contribution >= 4 is 23.2 Å². The van der Waals surface area contributed by atoms with E-state index in [2.05, 4.69) is 9.89 Å². The molecule has 1 atom stereocenters. The second kappa shape index (κ2) is 4.33. The standard InChI is InChI=1S/C10H14ClN3O/c11-9-4-8(15)5-10(13-9)14-3-1-2-7(12)6-14/h4,7H,1-3,5-6,12H2/t7-/m1/s1. The molecule has 0 bridgehead atoms. The Hall–Kier alpha value is -0.870. The predicted molar refractivity (Wildman–Crippen MR) is 59.8 cm³/mol. The average molecular weight is 228 g/mol. The molecular weight excluding hydrogens is 214 g/mol. The van der Waals surface area contributed by atoms with Crippen LogP contribution in [0, 0.1) is 0 Å². The van der Waals surface area contributed by atoms with Gasteiger partial charge in [0, 0.05) is 25.2 Å². The highest BCUT2D eigenvalue weighted by Crippen LogP contribution is 2.17. The molecule has 0 aromatic heterocycles. The lowest BCUT2D eigenvalue weighted by Gasteiger charge is -2.33. The molecule has 0 radical (unpaired) electrons. The zero-order valence-corrected chi connectivity index (χ0v) is 9.20. The van der Waals surface area contributed by atoms with Crippen molar-refractivity contribution in [2.45, 2.75) is 25.3 Å². The molecule has 2 aliphatic heterocycles. The number of rotatable bonds is 0. The Labute approximate surface area is 93.8 Å². The number of nitrogens with zero attached hydrogens (tertiary/aromatic N) is 2. The molecule has 0 saturated carbocycles. The summed E-state index contributed by atoms with van der Waals surface area (Å²) < 4.78 is 0. The van der Waals surface area contributed by atoms with Crippen LogP contribution in [0.1, 0.15) is 19.3 Å². The maximum atomic E-state index is 11.3. The summed E-state index contributed by atoms with van der Waals surface area (Å²) in [4.78, 5) is 17.6. The van der Waals surface area contributed by atoms with Gasteiger partial charge in [0.1, 0.15) is 11.0 Å². The lowest BCUT2D eigenvalue weighted by atomic mass is 10.1. The van der Waals surface area contributed by atoms with Crippen LogP contribution in [0.5, 0.6) is 0 Å². The highest BCUT2D eigenvalue weighted by atomic mass is 35.5. The minimum Gasteiger partial charge on any atom is -0.358 e. The molecule has 1 fully saturated rings. The van der Waals surface area contributed by atoms with Gasteiger partial charge in [-0.05, 0) is 12.8 Å². The Bertz CT molecular complexity index is 338. The molecule has 5 heteroatoms. The van der Waals surface area contributed by atoms with Gasteiger partial charge in [-0.3, -0.25) is 4.79 Å². The number of aliphatic imine (C=N–C) groups is 1. The number of halogens is 1. The Morgan fingerprint density at radius 1 is 1.60 bits per heavy atom. The number of piperidine rings is 1. The van der Waals surface area contributed by atoms with E-state index < -0.39 is 0 Å². The number of amidine groups is 1. The second-order valence-electron chi connectivity index (χ2n) is 3.99. The van der Waals surface area contributed by atoms with E-state index in [0.717, 1.165) is 31.8 Å². The molecule has 15 heavy (non-hydrogen) atoms. The molecule has 0 unspecified atom stereocenters. The van der Waals surface area contributed by atoms with Gasteiger partial charge in [-0.1, -0.05) is 11.6 Å². The van der Waals surface area contributed by atoms with E-state index in [1.165, 1.54) is 6.08 Å². The number of nitrogens with two attached hydrogens (primary N) is 1. The number of allylic oxidation sites excluding steroid dienone is 1. The number of hydrogen-bond donors (Lipinski definition) is 1. The zero-order chi connectivity index (χ0) is 10.8. The molecule has 2 rings (SSSR count). The first-order valence-corrected chi connectivity index (χ1v) is 5.51. The Balaban J connectivity index is 2.10. The minimum absolute atomic E-state index is 0.0177. The van der Waals surface area contributed by atoms with Crippen molar-refractivity contribution in [3.8, 4) is 0 Å². The molecule has 1 saturated heterocycles. The Kier molecular flexibility index (Phi) is 3.07. The summed E-state index contributed by atoms with van der Waals surface area (Å²) in [6.45, 7) is 1.69. The van der Waals surface area contributed by atoms with Crippen molar-refractivity contribution in [2.24, 2.45) is 10.7 Å². The Morgan fingerprint density at radius 3 is 3.07 bits per heavy atom. The van der Waals surface area contributed by atoms with Crippen LogP contribution in [-0.4, -0.2) is 35.7 Å². The molecule has 82 valence electrons. The molecule has 0 aromatic carbocycles. The van der Waals surface area contributed by atoms with Crippen LogP contribution in [0.2, 0.25) is 0 Å². The van der Waals surface area contributed by atoms with E-state index in [0.29, 0.717) is 6.42 Å². The summed E-state index contributed by atoms with van der Waals surface area (Å²) in [5.41, 5.74) is 5.87. The van der Waals surface area contributed by atoms with E-state index >= 15 is 0 Å². The van der Waals surface area contributed by atoms with Crippen LogP contribution in [0.15, 0.2) is 16.2 Å². The zero-order valence-electron chi connectivity index (χ0n) is 8.45. The van der Waals surface area contributed by atoms with Gasteiger partial charge >= 0.3 is 0 Å². The normalized spacial score (nSPS) is 27.5. The number of carbonyl (C=O) groups excluding carboxylic acids is 1. The van der Waals surface area contributed by atoms with E-state index in [-0.39, 0.29) is 17.0 Å². The fourth-order valence-electron chi connectivity index (χ4n) is 1.96. The van der Waals surface area contributed by atoms with Crippen molar-refractivity contribution in [3.63, 3.8) is 0 Å². The van der Waals surface area contributed by atoms with E-state index in [4.69, 9.17) is 17.3 Å². The van der Waals surface area contributed by atoms with Crippen LogP contribution >= 0.6 is 11.6 Å². The molecule has 0 aromatic rings. The van der Waals surface area contributed by atoms with Crippen LogP contribution in [0.4, 0.5) is 0 Å². The summed E-state index contributed by atoms with van der Waals surface area (Å²) in [6.07, 6.45) is 3.81. The van der Waals surface area contributed by atoms with Crippen LogP contribution in [0.3, 0.4) is 0 Å². The van der Waals surface area contributed by atoms with Gasteiger partial charge in [-0.25, -0.2) is 4.99 Å². The third-order valence-corrected chi connectivity index (χ3v) is 2.86. The van der Waals surface area contributed by atoms with Crippen molar-refractivity contribution < 1.29 is 4.79 Å². The molecule has 0 aliphatic carbocycles. The van der Waals surface area contributed by atoms with Gasteiger partial charge in [0.05, 0.1) is 6.42 Å². The first-order valence-electron chi connectivity index (χ1n) is 5.13. The summed E-state index contributed by atoms with van der Waals surface area (Å²) in [6, 6.07) is 0.182. The maximum Gasteiger partial charge on any atom is 0.166 e. The topological polar surface area (TPSA) is 58.7 Å². The molecule has 2 N–H and O–H groups in total. The maximum absolute atomic E-state index is 11.3. The summed E-state index contributed by atoms with van der Waals surface area (Å²) >= 11 is 5.76. The van der Waals surface area contributed by atoms with Crippen LogP contribution < -0.4 is 5.73 Å². The minimum atomic E-state index is 0.0177. The van der Waals surface area contributed by atoms with E-state index in [9.17, 15) is 4.79 Å². The number of ketones is 1. The number of likely N-dealkylation sites (tertiary alicyclic amines) is 1. The first kappa shape index (κ1) is 10.6. The third-order valence-electron chi connectivity index (χ3n) is 2.67. The van der Waals surface area contributed by atoms with Crippen molar-refractivity contribution in [2.75, 3.05) is 13.1 Å². The largest absolute Gasteiger partial charge is 0.358 e. The fourth-order valence-corrected chi connectivity index (χ4v) is 2.18. The quantitative estimate of drug-likeness (QED) is 0.625. The van der Waals surface area contributed by atoms with Crippen LogP contribution in [0.25, 0.3) is 0 Å². The molecule has 0 spiro atoms. The Morgan fingerprint density at radius 2 is 2.40 bits per heavy atom. The van der Waals surface area contributed by atoms with Gasteiger partial charge in [-0.2, -0.15) is 0 Å². The van der Waals surface area contributed by atoms with Crippen molar-refractivity contribution in [3.05, 3.63) is 11.2 Å². The van der Waals surface area contributed by atoms with Crippen molar-refractivity contribution in [1.82, 2.24) is 4.90 Å².